The van der Waals surface area contributed by atoms with Gasteiger partial charge in [-0.15, -0.1) is 0 Å². The van der Waals surface area contributed by atoms with Gasteiger partial charge < -0.3 is 28.4 Å². The first kappa shape index (κ1) is 57.5. The fourth-order valence-corrected chi connectivity index (χ4v) is 8.40. The molecule has 0 atom stereocenters. The minimum Gasteiger partial charge on any atom is -0.494 e. The van der Waals surface area contributed by atoms with Gasteiger partial charge in [0, 0.05) is 0 Å². The summed E-state index contributed by atoms with van der Waals surface area (Å²) in [6.45, 7) is 16.7. The number of hydrogen-bond acceptors (Lipinski definition) is 6. The van der Waals surface area contributed by atoms with Crippen LogP contribution in [0.4, 0.5) is 0 Å². The molecule has 0 fully saturated rings. The maximum atomic E-state index is 6.01. The second-order valence-corrected chi connectivity index (χ2v) is 19.0. The van der Waals surface area contributed by atoms with Crippen LogP contribution in [0, 0.1) is 0 Å². The van der Waals surface area contributed by atoms with Crippen molar-refractivity contribution in [2.75, 3.05) is 39.6 Å². The molecule has 0 saturated heterocycles. The Hall–Kier alpha value is -8.22. The molecule has 7 aromatic carbocycles. The van der Waals surface area contributed by atoms with Crippen LogP contribution in [0.1, 0.15) is 147 Å². The Kier molecular flexibility index (Phi) is 23.4. The molecule has 0 aliphatic rings. The fraction of sp³-hybridized carbons (Fsp3) is 0.250. The zero-order valence-electron chi connectivity index (χ0n) is 46.7. The van der Waals surface area contributed by atoms with Crippen molar-refractivity contribution in [2.45, 2.75) is 80.1 Å². The maximum Gasteiger partial charge on any atom is 0.119 e. The molecule has 6 heteroatoms. The molecule has 0 aliphatic carbocycles. The van der Waals surface area contributed by atoms with Gasteiger partial charge in [-0.2, -0.15) is 0 Å². The third-order valence-electron chi connectivity index (χ3n) is 12.5. The lowest BCUT2D eigenvalue weighted by molar-refractivity contribution is 0.317. The Balaban J connectivity index is 1.54. The summed E-state index contributed by atoms with van der Waals surface area (Å²) in [4.78, 5) is 0. The van der Waals surface area contributed by atoms with Crippen LogP contribution in [-0.4, -0.2) is 39.6 Å². The van der Waals surface area contributed by atoms with E-state index in [1.165, 1.54) is 0 Å². The van der Waals surface area contributed by atoms with Gasteiger partial charge in [-0.3, -0.25) is 0 Å². The van der Waals surface area contributed by atoms with Crippen molar-refractivity contribution in [3.63, 3.8) is 0 Å². The highest BCUT2D eigenvalue weighted by Crippen LogP contribution is 2.38. The minimum absolute atomic E-state index is 0.670. The predicted molar refractivity (Wildman–Crippen MR) is 333 cm³/mol. The molecule has 0 unspecified atom stereocenters. The normalized spacial score (nSPS) is 11.8. The molecule has 6 nitrogen and oxygen atoms in total. The molecule has 7 rings (SSSR count). The van der Waals surface area contributed by atoms with E-state index in [0.29, 0.717) is 39.6 Å². The van der Waals surface area contributed by atoms with Crippen LogP contribution in [0.5, 0.6) is 34.5 Å². The van der Waals surface area contributed by atoms with E-state index in [-0.39, 0.29) is 0 Å². The maximum absolute atomic E-state index is 6.01. The second-order valence-electron chi connectivity index (χ2n) is 19.0. The van der Waals surface area contributed by atoms with Crippen LogP contribution in [0.2, 0.25) is 0 Å². The van der Waals surface area contributed by atoms with E-state index < -0.39 is 0 Å². The van der Waals surface area contributed by atoms with Crippen molar-refractivity contribution in [3.05, 3.63) is 212 Å². The third kappa shape index (κ3) is 17.9. The van der Waals surface area contributed by atoms with Crippen molar-refractivity contribution in [3.8, 4) is 34.5 Å². The highest BCUT2D eigenvalue weighted by molar-refractivity contribution is 5.99. The smallest absolute Gasteiger partial charge is 0.119 e. The lowest BCUT2D eigenvalue weighted by Crippen LogP contribution is -2.01. The quantitative estimate of drug-likeness (QED) is 0.0418. The molecule has 0 saturated carbocycles. The summed E-state index contributed by atoms with van der Waals surface area (Å²) >= 11 is 0. The van der Waals surface area contributed by atoms with Gasteiger partial charge in [-0.25, -0.2) is 0 Å². The second kappa shape index (κ2) is 31.7. The summed E-state index contributed by atoms with van der Waals surface area (Å²) in [5, 5.41) is 0. The monoisotopic (exact) mass is 1040 g/mol. The van der Waals surface area contributed by atoms with Gasteiger partial charge in [0.15, 0.2) is 0 Å². The van der Waals surface area contributed by atoms with E-state index in [9.17, 15) is 0 Å². The fourth-order valence-electron chi connectivity index (χ4n) is 8.40. The van der Waals surface area contributed by atoms with Gasteiger partial charge in [0.05, 0.1) is 39.6 Å². The van der Waals surface area contributed by atoms with E-state index in [1.807, 2.05) is 0 Å². The SMILES string of the molecule is CCCOc1ccc(/C=C/c2c(/C=C/c3ccc(OCCC)cc3)c(/C=C/c3ccc(OCCC)cc3)c(/C=C/c3ccc(OCCC)cc3)c(/C=C/c3ccc(OCCC)cc3)c2/C=C/c2ccc(OCCC)cc2)cc1. The Bertz CT molecular complexity index is 2500. The average Bonchev–Trinajstić information content (AvgIpc) is 3.68. The summed E-state index contributed by atoms with van der Waals surface area (Å²) < 4.78 is 36.0. The van der Waals surface area contributed by atoms with Gasteiger partial charge >= 0.3 is 0 Å². The Morgan fingerprint density at radius 2 is 0.321 bits per heavy atom. The van der Waals surface area contributed by atoms with Crippen molar-refractivity contribution in [1.29, 1.82) is 0 Å². The largest absolute Gasteiger partial charge is 0.494 e. The van der Waals surface area contributed by atoms with Gasteiger partial charge in [0.25, 0.3) is 0 Å². The summed E-state index contributed by atoms with van der Waals surface area (Å²) in [6, 6.07) is 50.1. The molecule has 402 valence electrons. The lowest BCUT2D eigenvalue weighted by atomic mass is 9.84. The average molecular weight is 1040 g/mol. The van der Waals surface area contributed by atoms with E-state index in [1.54, 1.807) is 0 Å². The number of benzene rings is 7. The molecule has 7 aromatic rings. The topological polar surface area (TPSA) is 55.4 Å². The minimum atomic E-state index is 0.670. The van der Waals surface area contributed by atoms with Crippen LogP contribution < -0.4 is 28.4 Å². The molecule has 0 heterocycles. The first-order chi connectivity index (χ1) is 38.4. The molecule has 0 bridgehead atoms. The Morgan fingerprint density at radius 3 is 0.436 bits per heavy atom. The highest BCUT2D eigenvalue weighted by Gasteiger charge is 2.18. The van der Waals surface area contributed by atoms with Crippen LogP contribution in [0.3, 0.4) is 0 Å². The summed E-state index contributed by atoms with van der Waals surface area (Å²) in [7, 11) is 0. The van der Waals surface area contributed by atoms with Crippen molar-refractivity contribution in [2.24, 2.45) is 0 Å². The number of hydrogen-bond donors (Lipinski definition) is 0. The van der Waals surface area contributed by atoms with Crippen molar-refractivity contribution < 1.29 is 28.4 Å². The van der Waals surface area contributed by atoms with Crippen molar-refractivity contribution in [1.82, 2.24) is 0 Å². The number of ether oxygens (including phenoxy) is 6. The lowest BCUT2D eigenvalue weighted by Gasteiger charge is -2.20. The third-order valence-corrected chi connectivity index (χ3v) is 12.5. The van der Waals surface area contributed by atoms with Gasteiger partial charge in [0.2, 0.25) is 0 Å². The predicted octanol–water partition coefficient (Wildman–Crippen LogP) is 19.4. The molecule has 0 radical (unpaired) electrons. The highest BCUT2D eigenvalue weighted by atomic mass is 16.5. The molecular weight excluding hydrogens is 961 g/mol. The van der Waals surface area contributed by atoms with Crippen LogP contribution in [0.15, 0.2) is 146 Å². The first-order valence-corrected chi connectivity index (χ1v) is 28.1. The molecule has 0 N–H and O–H groups in total. The van der Waals surface area contributed by atoms with Gasteiger partial charge in [-0.05, 0) is 178 Å². The number of rotatable bonds is 30. The van der Waals surface area contributed by atoms with Crippen molar-refractivity contribution >= 4 is 72.9 Å². The summed E-state index contributed by atoms with van der Waals surface area (Å²) in [6.07, 6.45) is 32.5. The first-order valence-electron chi connectivity index (χ1n) is 28.1. The Labute approximate surface area is 465 Å². The molecule has 0 amide bonds. The molecule has 78 heavy (non-hydrogen) atoms. The summed E-state index contributed by atoms with van der Waals surface area (Å²) in [5.74, 6) is 5.12. The molecule has 0 aromatic heterocycles. The standard InChI is InChI=1S/C72H78O6/c1-7-49-73-61-31-13-55(14-32-61)25-43-67-68(44-26-56-15-33-62(34-16-56)74-50-8-2)70(46-28-58-19-37-64(38-20-58)76-52-10-4)72(48-30-60-23-41-66(42-24-60)78-54-12-6)71(47-29-59-21-39-65(40-22-59)77-53-11-5)69(67)45-27-57-17-35-63(36-18-57)75-51-9-3/h13-48H,7-12,49-54H2,1-6H3/b43-25+,44-26+,45-27+,46-28+,47-29+,48-30+. The van der Waals surface area contributed by atoms with E-state index in [0.717, 1.165) is 140 Å². The zero-order chi connectivity index (χ0) is 54.6. The van der Waals surface area contributed by atoms with E-state index >= 15 is 0 Å². The van der Waals surface area contributed by atoms with Crippen LogP contribution in [-0.2, 0) is 0 Å². The summed E-state index contributed by atoms with van der Waals surface area (Å²) in [5.41, 5.74) is 12.6. The van der Waals surface area contributed by atoms with Gasteiger partial charge in [0.1, 0.15) is 34.5 Å². The molecule has 0 aliphatic heterocycles. The zero-order valence-corrected chi connectivity index (χ0v) is 46.7. The molecule has 0 spiro atoms. The van der Waals surface area contributed by atoms with E-state index in [2.05, 4.69) is 260 Å². The van der Waals surface area contributed by atoms with E-state index in [4.69, 9.17) is 28.4 Å². The molecular formula is C72H78O6. The van der Waals surface area contributed by atoms with Crippen LogP contribution in [0.25, 0.3) is 72.9 Å². The van der Waals surface area contributed by atoms with Gasteiger partial charge in [-0.1, -0.05) is 187 Å². The van der Waals surface area contributed by atoms with Crippen LogP contribution >= 0.6 is 0 Å². The Morgan fingerprint density at radius 1 is 0.192 bits per heavy atom.